The van der Waals surface area contributed by atoms with Crippen molar-refractivity contribution in [2.45, 2.75) is 0 Å². The van der Waals surface area contributed by atoms with Gasteiger partial charge in [0.25, 0.3) is 0 Å². The highest BCUT2D eigenvalue weighted by atomic mass is 35.5. The normalized spacial score (nSPS) is 15.1. The van der Waals surface area contributed by atoms with Crippen molar-refractivity contribution in [3.8, 4) is 0 Å². The lowest BCUT2D eigenvalue weighted by molar-refractivity contribution is 0.0601. The number of halogens is 1. The maximum absolute atomic E-state index is 11.8. The first kappa shape index (κ1) is 14.5. The lowest BCUT2D eigenvalue weighted by Gasteiger charge is -2.35. The van der Waals surface area contributed by atoms with E-state index in [9.17, 15) is 9.59 Å². The summed E-state index contributed by atoms with van der Waals surface area (Å²) in [6.07, 6.45) is -0.922. The van der Waals surface area contributed by atoms with E-state index in [1.807, 2.05) is 4.90 Å². The van der Waals surface area contributed by atoms with Gasteiger partial charge in [0.1, 0.15) is 0 Å². The second-order valence-corrected chi connectivity index (χ2v) is 4.85. The maximum atomic E-state index is 11.8. The summed E-state index contributed by atoms with van der Waals surface area (Å²) >= 11 is 5.91. The fourth-order valence-corrected chi connectivity index (χ4v) is 2.37. The molecular formula is C13H15ClN2O4. The van der Waals surface area contributed by atoms with Crippen molar-refractivity contribution in [1.82, 2.24) is 4.90 Å². The fourth-order valence-electron chi connectivity index (χ4n) is 2.20. The number of piperazine rings is 1. The van der Waals surface area contributed by atoms with Crippen LogP contribution in [0.2, 0.25) is 5.02 Å². The monoisotopic (exact) mass is 298 g/mol. The number of ether oxygens (including phenoxy) is 1. The highest BCUT2D eigenvalue weighted by Gasteiger charge is 2.24. The summed E-state index contributed by atoms with van der Waals surface area (Å²) in [6, 6.07) is 5.02. The van der Waals surface area contributed by atoms with Crippen LogP contribution in [0.1, 0.15) is 10.4 Å². The molecule has 0 saturated carbocycles. The fraction of sp³-hybridized carbons (Fsp3) is 0.385. The first-order valence-electron chi connectivity index (χ1n) is 6.13. The van der Waals surface area contributed by atoms with Crippen LogP contribution in [0.25, 0.3) is 0 Å². The number of rotatable bonds is 2. The number of hydrogen-bond acceptors (Lipinski definition) is 4. The van der Waals surface area contributed by atoms with Gasteiger partial charge >= 0.3 is 12.1 Å². The van der Waals surface area contributed by atoms with Crippen LogP contribution >= 0.6 is 11.6 Å². The number of methoxy groups -OCH3 is 1. The highest BCUT2D eigenvalue weighted by Crippen LogP contribution is 2.26. The van der Waals surface area contributed by atoms with E-state index in [1.54, 1.807) is 18.2 Å². The van der Waals surface area contributed by atoms with Gasteiger partial charge in [-0.15, -0.1) is 0 Å². The first-order valence-corrected chi connectivity index (χ1v) is 6.51. The van der Waals surface area contributed by atoms with Crippen LogP contribution in [0.15, 0.2) is 18.2 Å². The molecule has 20 heavy (non-hydrogen) atoms. The van der Waals surface area contributed by atoms with Crippen LogP contribution in [-0.4, -0.2) is 55.4 Å². The van der Waals surface area contributed by atoms with E-state index in [4.69, 9.17) is 21.4 Å². The molecule has 1 heterocycles. The topological polar surface area (TPSA) is 70.1 Å². The molecule has 1 aliphatic rings. The molecule has 0 aromatic heterocycles. The molecule has 1 aliphatic heterocycles. The average molecular weight is 299 g/mol. The Bertz CT molecular complexity index is 527. The van der Waals surface area contributed by atoms with E-state index in [0.29, 0.717) is 42.5 Å². The van der Waals surface area contributed by atoms with Gasteiger partial charge in [0.15, 0.2) is 0 Å². The Morgan fingerprint density at radius 2 is 1.90 bits per heavy atom. The minimum Gasteiger partial charge on any atom is -0.465 e. The molecule has 1 fully saturated rings. The van der Waals surface area contributed by atoms with Gasteiger partial charge in [0.05, 0.1) is 18.4 Å². The number of amides is 1. The lowest BCUT2D eigenvalue weighted by atomic mass is 10.1. The average Bonchev–Trinajstić information content (AvgIpc) is 2.46. The van der Waals surface area contributed by atoms with Crippen LogP contribution in [0, 0.1) is 0 Å². The number of anilines is 1. The number of carboxylic acid groups (broad SMARTS) is 1. The molecule has 1 saturated heterocycles. The van der Waals surface area contributed by atoms with Gasteiger partial charge in [-0.05, 0) is 18.2 Å². The smallest absolute Gasteiger partial charge is 0.407 e. The van der Waals surface area contributed by atoms with E-state index in [-0.39, 0.29) is 0 Å². The van der Waals surface area contributed by atoms with E-state index in [1.165, 1.54) is 12.0 Å². The van der Waals surface area contributed by atoms with Crippen molar-refractivity contribution in [3.05, 3.63) is 28.8 Å². The third-order valence-corrected chi connectivity index (χ3v) is 3.49. The summed E-state index contributed by atoms with van der Waals surface area (Å²) in [5, 5.41) is 9.38. The van der Waals surface area contributed by atoms with Crippen molar-refractivity contribution in [2.75, 3.05) is 38.2 Å². The number of hydrogen-bond donors (Lipinski definition) is 1. The molecule has 2 rings (SSSR count). The summed E-state index contributed by atoms with van der Waals surface area (Å²) in [7, 11) is 1.31. The van der Waals surface area contributed by atoms with Gasteiger partial charge < -0.3 is 19.6 Å². The van der Waals surface area contributed by atoms with Crippen molar-refractivity contribution >= 4 is 29.4 Å². The second kappa shape index (κ2) is 6.00. The largest absolute Gasteiger partial charge is 0.465 e. The summed E-state index contributed by atoms with van der Waals surface area (Å²) in [4.78, 5) is 26.0. The van der Waals surface area contributed by atoms with Crippen LogP contribution in [0.3, 0.4) is 0 Å². The van der Waals surface area contributed by atoms with Gasteiger partial charge in [-0.25, -0.2) is 9.59 Å². The number of nitrogens with zero attached hydrogens (tertiary/aromatic N) is 2. The minimum absolute atomic E-state index is 0.392. The molecular weight excluding hydrogens is 284 g/mol. The van der Waals surface area contributed by atoms with Crippen molar-refractivity contribution < 1.29 is 19.4 Å². The lowest BCUT2D eigenvalue weighted by Crippen LogP contribution is -2.48. The molecule has 0 unspecified atom stereocenters. The molecule has 0 aliphatic carbocycles. The zero-order valence-corrected chi connectivity index (χ0v) is 11.8. The third-order valence-electron chi connectivity index (χ3n) is 3.25. The predicted octanol–water partition coefficient (Wildman–Crippen LogP) is 1.93. The SMILES string of the molecule is COC(=O)c1cc(Cl)ccc1N1CCN(C(=O)O)CC1. The van der Waals surface area contributed by atoms with Crippen LogP contribution in [0.4, 0.5) is 10.5 Å². The Morgan fingerprint density at radius 3 is 2.45 bits per heavy atom. The molecule has 1 N–H and O–H groups in total. The molecule has 7 heteroatoms. The molecule has 0 spiro atoms. The van der Waals surface area contributed by atoms with Crippen molar-refractivity contribution in [2.24, 2.45) is 0 Å². The summed E-state index contributed by atoms with van der Waals surface area (Å²) in [5.41, 5.74) is 1.11. The molecule has 1 aromatic rings. The number of benzene rings is 1. The van der Waals surface area contributed by atoms with E-state index in [0.717, 1.165) is 0 Å². The van der Waals surface area contributed by atoms with Gasteiger partial charge in [-0.3, -0.25) is 0 Å². The first-order chi connectivity index (χ1) is 9.52. The van der Waals surface area contributed by atoms with Crippen molar-refractivity contribution in [3.63, 3.8) is 0 Å². The molecule has 1 aromatic carbocycles. The Balaban J connectivity index is 2.21. The predicted molar refractivity (Wildman–Crippen MR) is 74.6 cm³/mol. The molecule has 0 bridgehead atoms. The molecule has 1 amide bonds. The summed E-state index contributed by atoms with van der Waals surface area (Å²) in [6.45, 7) is 1.85. The molecule has 108 valence electrons. The van der Waals surface area contributed by atoms with Crippen LogP contribution in [0.5, 0.6) is 0 Å². The molecule has 0 radical (unpaired) electrons. The molecule has 6 nitrogen and oxygen atoms in total. The zero-order valence-electron chi connectivity index (χ0n) is 11.0. The van der Waals surface area contributed by atoms with Gasteiger partial charge in [-0.1, -0.05) is 11.6 Å². The zero-order chi connectivity index (χ0) is 14.7. The Hall–Kier alpha value is -1.95. The van der Waals surface area contributed by atoms with Gasteiger partial charge in [-0.2, -0.15) is 0 Å². The number of carbonyl (C=O) groups excluding carboxylic acids is 1. The Kier molecular flexibility index (Phi) is 4.34. The van der Waals surface area contributed by atoms with E-state index in [2.05, 4.69) is 0 Å². The number of esters is 1. The van der Waals surface area contributed by atoms with Crippen LogP contribution in [-0.2, 0) is 4.74 Å². The quantitative estimate of drug-likeness (QED) is 0.845. The maximum Gasteiger partial charge on any atom is 0.407 e. The minimum atomic E-state index is -0.922. The Labute approximate surface area is 121 Å². The number of carbonyl (C=O) groups is 2. The van der Waals surface area contributed by atoms with Crippen LogP contribution < -0.4 is 4.90 Å². The van der Waals surface area contributed by atoms with E-state index < -0.39 is 12.1 Å². The van der Waals surface area contributed by atoms with Gasteiger partial charge in [0, 0.05) is 31.2 Å². The summed E-state index contributed by atoms with van der Waals surface area (Å²) in [5.74, 6) is -0.455. The third kappa shape index (κ3) is 2.96. The standard InChI is InChI=1S/C13H15ClN2O4/c1-20-12(17)10-8-9(14)2-3-11(10)15-4-6-16(7-5-15)13(18)19/h2-3,8H,4-7H2,1H3,(H,18,19). The Morgan fingerprint density at radius 1 is 1.25 bits per heavy atom. The highest BCUT2D eigenvalue weighted by molar-refractivity contribution is 6.31. The van der Waals surface area contributed by atoms with E-state index >= 15 is 0 Å². The summed E-state index contributed by atoms with van der Waals surface area (Å²) < 4.78 is 4.75. The van der Waals surface area contributed by atoms with Crippen molar-refractivity contribution in [1.29, 1.82) is 0 Å². The van der Waals surface area contributed by atoms with Gasteiger partial charge in [0.2, 0.25) is 0 Å². The molecule has 0 atom stereocenters. The second-order valence-electron chi connectivity index (χ2n) is 4.41.